The zero-order chi connectivity index (χ0) is 19.7. The Balaban J connectivity index is 1.60. The predicted molar refractivity (Wildman–Crippen MR) is 104 cm³/mol. The van der Waals surface area contributed by atoms with Gasteiger partial charge in [0, 0.05) is 6.54 Å². The molecule has 1 amide bonds. The lowest BCUT2D eigenvalue weighted by atomic mass is 9.98. The molecular formula is C20H20ClN5O2. The number of nitrogens with zero attached hydrogens (tertiary/aromatic N) is 4. The molecule has 2 aliphatic carbocycles. The number of anilines is 1. The number of nitrogens with one attached hydrogen (secondary N) is 1. The van der Waals surface area contributed by atoms with E-state index in [9.17, 15) is 9.90 Å². The first kappa shape index (κ1) is 18.5. The molecule has 1 aromatic carbocycles. The van der Waals surface area contributed by atoms with Gasteiger partial charge in [0.25, 0.3) is 0 Å². The van der Waals surface area contributed by atoms with Gasteiger partial charge < -0.3 is 10.4 Å². The zero-order valence-corrected chi connectivity index (χ0v) is 15.9. The minimum Gasteiger partial charge on any atom is -0.465 e. The molecule has 144 valence electrons. The maximum Gasteiger partial charge on any atom is 0.408 e. The zero-order valence-electron chi connectivity index (χ0n) is 15.2. The van der Waals surface area contributed by atoms with Crippen molar-refractivity contribution >= 4 is 23.5 Å². The molecule has 2 aromatic rings. The van der Waals surface area contributed by atoms with E-state index in [0.717, 1.165) is 31.2 Å². The minimum atomic E-state index is -0.919. The van der Waals surface area contributed by atoms with Crippen molar-refractivity contribution in [3.8, 4) is 6.07 Å². The van der Waals surface area contributed by atoms with Crippen LogP contribution in [0.5, 0.6) is 0 Å². The van der Waals surface area contributed by atoms with Crippen LogP contribution in [0, 0.1) is 17.2 Å². The summed E-state index contributed by atoms with van der Waals surface area (Å²) in [6, 6.07) is 11.5. The van der Waals surface area contributed by atoms with Gasteiger partial charge in [-0.25, -0.2) is 14.8 Å². The molecular weight excluding hydrogens is 378 g/mol. The van der Waals surface area contributed by atoms with E-state index in [4.69, 9.17) is 16.9 Å². The number of hydrogen-bond acceptors (Lipinski definition) is 5. The van der Waals surface area contributed by atoms with Crippen molar-refractivity contribution in [2.75, 3.05) is 5.32 Å². The molecule has 7 nitrogen and oxygen atoms in total. The van der Waals surface area contributed by atoms with Crippen LogP contribution >= 0.6 is 11.6 Å². The Morgan fingerprint density at radius 2 is 2.11 bits per heavy atom. The molecule has 8 heteroatoms. The van der Waals surface area contributed by atoms with Crippen LogP contribution in [0.3, 0.4) is 0 Å². The SMILES string of the molecule is N#Cc1ncc(NC(C2CC2)C2(N(Cc3ccccc3)C(=O)O)CC2)nc1Cl. The van der Waals surface area contributed by atoms with Crippen LogP contribution in [0.15, 0.2) is 36.5 Å². The van der Waals surface area contributed by atoms with Gasteiger partial charge in [0.1, 0.15) is 11.9 Å². The van der Waals surface area contributed by atoms with Crippen molar-refractivity contribution in [1.29, 1.82) is 5.26 Å². The lowest BCUT2D eigenvalue weighted by molar-refractivity contribution is 0.102. The maximum absolute atomic E-state index is 12.1. The largest absolute Gasteiger partial charge is 0.465 e. The lowest BCUT2D eigenvalue weighted by Gasteiger charge is -2.37. The van der Waals surface area contributed by atoms with E-state index in [1.807, 2.05) is 36.4 Å². The fraction of sp³-hybridized carbons (Fsp3) is 0.400. The van der Waals surface area contributed by atoms with Gasteiger partial charge in [0.15, 0.2) is 10.8 Å². The summed E-state index contributed by atoms with van der Waals surface area (Å²) in [5.41, 5.74) is 0.574. The first-order chi connectivity index (χ1) is 13.5. The third-order valence-electron chi connectivity index (χ3n) is 5.53. The summed E-state index contributed by atoms with van der Waals surface area (Å²) >= 11 is 6.02. The molecule has 28 heavy (non-hydrogen) atoms. The highest BCUT2D eigenvalue weighted by Crippen LogP contribution is 2.53. The molecule has 4 rings (SSSR count). The van der Waals surface area contributed by atoms with Gasteiger partial charge in [-0.1, -0.05) is 41.9 Å². The number of amides is 1. The summed E-state index contributed by atoms with van der Waals surface area (Å²) < 4.78 is 0. The fourth-order valence-electron chi connectivity index (χ4n) is 3.85. The quantitative estimate of drug-likeness (QED) is 0.734. The van der Waals surface area contributed by atoms with E-state index < -0.39 is 11.6 Å². The molecule has 0 bridgehead atoms. The van der Waals surface area contributed by atoms with Crippen LogP contribution in [0.25, 0.3) is 0 Å². The van der Waals surface area contributed by atoms with Gasteiger partial charge in [-0.15, -0.1) is 0 Å². The average Bonchev–Trinajstić information content (AvgIpc) is 3.60. The third kappa shape index (κ3) is 3.60. The lowest BCUT2D eigenvalue weighted by Crippen LogP contribution is -2.52. The Labute approximate surface area is 168 Å². The van der Waals surface area contributed by atoms with Gasteiger partial charge >= 0.3 is 6.09 Å². The van der Waals surface area contributed by atoms with Crippen molar-refractivity contribution < 1.29 is 9.90 Å². The number of benzene rings is 1. The van der Waals surface area contributed by atoms with E-state index in [0.29, 0.717) is 18.3 Å². The summed E-state index contributed by atoms with van der Waals surface area (Å²) in [7, 11) is 0. The van der Waals surface area contributed by atoms with Crippen molar-refractivity contribution in [3.05, 3.63) is 52.9 Å². The van der Waals surface area contributed by atoms with Crippen molar-refractivity contribution in [1.82, 2.24) is 14.9 Å². The summed E-state index contributed by atoms with van der Waals surface area (Å²) in [4.78, 5) is 22.0. The van der Waals surface area contributed by atoms with Crippen LogP contribution in [-0.4, -0.2) is 37.6 Å². The number of halogens is 1. The van der Waals surface area contributed by atoms with E-state index in [-0.39, 0.29) is 16.9 Å². The Morgan fingerprint density at radius 1 is 1.39 bits per heavy atom. The number of carbonyl (C=O) groups is 1. The van der Waals surface area contributed by atoms with Gasteiger partial charge in [0.2, 0.25) is 0 Å². The van der Waals surface area contributed by atoms with Crippen molar-refractivity contribution in [2.24, 2.45) is 5.92 Å². The van der Waals surface area contributed by atoms with Crippen molar-refractivity contribution in [3.63, 3.8) is 0 Å². The molecule has 2 fully saturated rings. The van der Waals surface area contributed by atoms with Crippen LogP contribution in [-0.2, 0) is 6.54 Å². The van der Waals surface area contributed by atoms with E-state index >= 15 is 0 Å². The molecule has 1 unspecified atom stereocenters. The molecule has 0 aliphatic heterocycles. The van der Waals surface area contributed by atoms with Gasteiger partial charge in [0.05, 0.1) is 17.8 Å². The fourth-order valence-corrected chi connectivity index (χ4v) is 4.03. The van der Waals surface area contributed by atoms with Gasteiger partial charge in [-0.2, -0.15) is 5.26 Å². The third-order valence-corrected chi connectivity index (χ3v) is 5.79. The summed E-state index contributed by atoms with van der Waals surface area (Å²) in [6.07, 6.45) is 4.27. The molecule has 1 atom stereocenters. The monoisotopic (exact) mass is 397 g/mol. The molecule has 0 spiro atoms. The summed E-state index contributed by atoms with van der Waals surface area (Å²) in [5, 5.41) is 22.4. The highest BCUT2D eigenvalue weighted by atomic mass is 35.5. The first-order valence-electron chi connectivity index (χ1n) is 9.27. The van der Waals surface area contributed by atoms with E-state index in [2.05, 4.69) is 15.3 Å². The highest BCUT2D eigenvalue weighted by molar-refractivity contribution is 6.30. The van der Waals surface area contributed by atoms with E-state index in [1.54, 1.807) is 4.90 Å². The number of nitriles is 1. The molecule has 2 N–H and O–H groups in total. The van der Waals surface area contributed by atoms with Crippen LogP contribution < -0.4 is 5.32 Å². The summed E-state index contributed by atoms with van der Waals surface area (Å²) in [5.74, 6) is 0.855. The second-order valence-electron chi connectivity index (χ2n) is 7.42. The van der Waals surface area contributed by atoms with Gasteiger partial charge in [-0.05, 0) is 37.2 Å². The number of hydrogen-bond donors (Lipinski definition) is 2. The topological polar surface area (TPSA) is 102 Å². The highest BCUT2D eigenvalue weighted by Gasteiger charge is 2.59. The normalized spacial score (nSPS) is 18.0. The Bertz CT molecular complexity index is 922. The molecule has 2 saturated carbocycles. The minimum absolute atomic E-state index is 0.0475. The second kappa shape index (κ2) is 7.28. The molecule has 1 heterocycles. The van der Waals surface area contributed by atoms with Crippen molar-refractivity contribution in [2.45, 2.75) is 43.8 Å². The van der Waals surface area contributed by atoms with E-state index in [1.165, 1.54) is 6.20 Å². The standard InChI is InChI=1S/C20H20ClN5O2/c21-18-15(10-22)23-11-16(25-18)24-17(14-6-7-14)20(8-9-20)26(19(27)28)12-13-4-2-1-3-5-13/h1-5,11,14,17H,6-9,12H2,(H,24,25)(H,27,28). The Morgan fingerprint density at radius 3 is 2.64 bits per heavy atom. The molecule has 1 aromatic heterocycles. The Kier molecular flexibility index (Phi) is 4.82. The maximum atomic E-state index is 12.1. The molecule has 0 radical (unpaired) electrons. The molecule has 0 saturated heterocycles. The summed E-state index contributed by atoms with van der Waals surface area (Å²) in [6.45, 7) is 0.348. The van der Waals surface area contributed by atoms with Gasteiger partial charge in [-0.3, -0.25) is 4.90 Å². The molecule has 2 aliphatic rings. The van der Waals surface area contributed by atoms with Crippen LogP contribution in [0.2, 0.25) is 5.15 Å². The number of carboxylic acid groups (broad SMARTS) is 1. The second-order valence-corrected chi connectivity index (χ2v) is 7.78. The first-order valence-corrected chi connectivity index (χ1v) is 9.65. The predicted octanol–water partition coefficient (Wildman–Crippen LogP) is 3.90. The Hall–Kier alpha value is -2.85. The smallest absolute Gasteiger partial charge is 0.408 e. The number of rotatable bonds is 7. The average molecular weight is 398 g/mol. The number of aromatic nitrogens is 2. The van der Waals surface area contributed by atoms with Crippen LogP contribution in [0.1, 0.15) is 36.9 Å². The van der Waals surface area contributed by atoms with Crippen LogP contribution in [0.4, 0.5) is 10.6 Å².